The van der Waals surface area contributed by atoms with Gasteiger partial charge in [-0.3, -0.25) is 0 Å². The van der Waals surface area contributed by atoms with Crippen LogP contribution in [0.2, 0.25) is 0 Å². The van der Waals surface area contributed by atoms with Crippen LogP contribution in [0.4, 0.5) is 0 Å². The molecule has 2 rings (SSSR count). The highest BCUT2D eigenvalue weighted by Crippen LogP contribution is 1.96. The Balaban J connectivity index is 2.13. The second kappa shape index (κ2) is 4.97. The summed E-state index contributed by atoms with van der Waals surface area (Å²) in [5.41, 5.74) is 1.62. The molecule has 0 saturated carbocycles. The number of hydrogen-bond donors (Lipinski definition) is 1. The second-order valence-corrected chi connectivity index (χ2v) is 6.15. The van der Waals surface area contributed by atoms with Crippen molar-refractivity contribution in [2.24, 2.45) is 0 Å². The first-order valence-electron chi connectivity index (χ1n) is 5.53. The zero-order chi connectivity index (χ0) is 12.3. The number of benzene rings is 2. The predicted octanol–water partition coefficient (Wildman–Crippen LogP) is 0.813. The Kier molecular flexibility index (Phi) is 3.39. The summed E-state index contributed by atoms with van der Waals surface area (Å²) < 4.78 is 0. The number of carboxylic acid groups (broad SMARTS) is 1. The van der Waals surface area contributed by atoms with Gasteiger partial charge in [0.25, 0.3) is 0 Å². The zero-order valence-corrected chi connectivity index (χ0v) is 11.1. The van der Waals surface area contributed by atoms with Crippen molar-refractivity contribution < 1.29 is 9.90 Å². The van der Waals surface area contributed by atoms with Gasteiger partial charge < -0.3 is 5.11 Å². The van der Waals surface area contributed by atoms with E-state index in [0.717, 1.165) is 0 Å². The number of carboxylic acids is 1. The Bertz CT molecular complexity index is 515. The van der Waals surface area contributed by atoms with E-state index in [-0.39, 0.29) is 0 Å². The second-order valence-electron chi connectivity index (χ2n) is 4.16. The molecule has 3 heteroatoms. The van der Waals surface area contributed by atoms with Crippen LogP contribution >= 0.6 is 0 Å². The molecule has 0 aliphatic carbocycles. The van der Waals surface area contributed by atoms with E-state index >= 15 is 0 Å². The first-order valence-corrected chi connectivity index (χ1v) is 6.94. The number of aryl methyl sites for hydroxylation is 1. The molecule has 1 N–H and O–H groups in total. The minimum absolute atomic E-state index is 0.353. The quantitative estimate of drug-likeness (QED) is 0.809. The van der Waals surface area contributed by atoms with Gasteiger partial charge in [-0.25, -0.2) is 4.79 Å². The third-order valence-electron chi connectivity index (χ3n) is 2.73. The van der Waals surface area contributed by atoms with Gasteiger partial charge >= 0.3 is 5.97 Å². The van der Waals surface area contributed by atoms with Gasteiger partial charge in [-0.1, -0.05) is 52.3 Å². The monoisotopic (exact) mass is 242 g/mol. The molecular formula is C14H14O2Si. The lowest BCUT2D eigenvalue weighted by Crippen LogP contribution is -2.26. The van der Waals surface area contributed by atoms with Crippen LogP contribution in [0.25, 0.3) is 0 Å². The van der Waals surface area contributed by atoms with E-state index in [9.17, 15) is 4.79 Å². The zero-order valence-electron chi connectivity index (χ0n) is 9.68. The van der Waals surface area contributed by atoms with Gasteiger partial charge in [0, 0.05) is 0 Å². The summed E-state index contributed by atoms with van der Waals surface area (Å²) in [6.45, 7) is 2.08. The van der Waals surface area contributed by atoms with E-state index in [0.29, 0.717) is 5.56 Å². The number of aromatic carboxylic acids is 1. The lowest BCUT2D eigenvalue weighted by Gasteiger charge is -2.02. The highest BCUT2D eigenvalue weighted by atomic mass is 28.2. The molecular weight excluding hydrogens is 228 g/mol. The summed E-state index contributed by atoms with van der Waals surface area (Å²) in [4.78, 5) is 10.7. The third kappa shape index (κ3) is 3.04. The molecule has 0 aliphatic heterocycles. The van der Waals surface area contributed by atoms with Gasteiger partial charge in [0.05, 0.1) is 15.1 Å². The van der Waals surface area contributed by atoms with E-state index in [1.54, 1.807) is 12.1 Å². The molecule has 0 unspecified atom stereocenters. The first-order chi connectivity index (χ1) is 8.15. The Morgan fingerprint density at radius 2 is 1.41 bits per heavy atom. The van der Waals surface area contributed by atoms with Crippen molar-refractivity contribution in [3.05, 3.63) is 59.7 Å². The molecule has 0 aromatic heterocycles. The molecule has 0 spiro atoms. The fraction of sp³-hybridized carbons (Fsp3) is 0.0714. The minimum Gasteiger partial charge on any atom is -0.478 e. The summed E-state index contributed by atoms with van der Waals surface area (Å²) in [6.07, 6.45) is 0. The van der Waals surface area contributed by atoms with Crippen LogP contribution in [0, 0.1) is 6.92 Å². The van der Waals surface area contributed by atoms with Gasteiger partial charge in [-0.2, -0.15) is 0 Å². The summed E-state index contributed by atoms with van der Waals surface area (Å²) >= 11 is 0. The van der Waals surface area contributed by atoms with Crippen LogP contribution in [0.1, 0.15) is 15.9 Å². The summed E-state index contributed by atoms with van der Waals surface area (Å²) in [5, 5.41) is 11.4. The van der Waals surface area contributed by atoms with Gasteiger partial charge in [-0.15, -0.1) is 0 Å². The van der Waals surface area contributed by atoms with Crippen molar-refractivity contribution in [1.29, 1.82) is 0 Å². The van der Waals surface area contributed by atoms with E-state index in [1.807, 2.05) is 12.1 Å². The van der Waals surface area contributed by atoms with Crippen LogP contribution in [0.5, 0.6) is 0 Å². The Morgan fingerprint density at radius 1 is 0.941 bits per heavy atom. The maximum Gasteiger partial charge on any atom is 0.335 e. The maximum absolute atomic E-state index is 10.7. The summed E-state index contributed by atoms with van der Waals surface area (Å²) in [6, 6.07) is 15.8. The molecule has 0 radical (unpaired) electrons. The maximum atomic E-state index is 10.7. The van der Waals surface area contributed by atoms with Crippen molar-refractivity contribution in [3.8, 4) is 0 Å². The Morgan fingerprint density at radius 3 is 1.88 bits per heavy atom. The van der Waals surface area contributed by atoms with E-state index in [1.165, 1.54) is 15.9 Å². The molecule has 0 heterocycles. The summed E-state index contributed by atoms with van der Waals surface area (Å²) in [5.74, 6) is -0.867. The topological polar surface area (TPSA) is 37.3 Å². The van der Waals surface area contributed by atoms with Crippen LogP contribution in [-0.4, -0.2) is 20.6 Å². The van der Waals surface area contributed by atoms with Crippen LogP contribution in [0.3, 0.4) is 0 Å². The highest BCUT2D eigenvalue weighted by Gasteiger charge is 2.02. The van der Waals surface area contributed by atoms with Crippen molar-refractivity contribution in [1.82, 2.24) is 0 Å². The average molecular weight is 242 g/mol. The lowest BCUT2D eigenvalue weighted by atomic mass is 10.2. The van der Waals surface area contributed by atoms with Crippen LogP contribution in [0.15, 0.2) is 48.5 Å². The Hall–Kier alpha value is -1.87. The number of rotatable bonds is 3. The molecule has 0 bridgehead atoms. The van der Waals surface area contributed by atoms with Gasteiger partial charge in [0.2, 0.25) is 0 Å². The average Bonchev–Trinajstić information content (AvgIpc) is 2.33. The minimum atomic E-state index is -0.867. The molecule has 0 fully saturated rings. The predicted molar refractivity (Wildman–Crippen MR) is 72.4 cm³/mol. The third-order valence-corrected chi connectivity index (χ3v) is 4.49. The van der Waals surface area contributed by atoms with Gasteiger partial charge in [0.15, 0.2) is 0 Å². The SMILES string of the molecule is Cc1ccc([SiH2]c2ccc(C(=O)O)cc2)cc1. The van der Waals surface area contributed by atoms with E-state index < -0.39 is 15.5 Å². The summed E-state index contributed by atoms with van der Waals surface area (Å²) in [7, 11) is -0.484. The van der Waals surface area contributed by atoms with E-state index in [4.69, 9.17) is 5.11 Å². The van der Waals surface area contributed by atoms with Crippen molar-refractivity contribution in [2.45, 2.75) is 6.92 Å². The molecule has 2 nitrogen and oxygen atoms in total. The molecule has 86 valence electrons. The van der Waals surface area contributed by atoms with E-state index in [2.05, 4.69) is 31.2 Å². The molecule has 0 aliphatic rings. The normalized spacial score (nSPS) is 10.9. The molecule has 0 amide bonds. The van der Waals surface area contributed by atoms with Crippen LogP contribution < -0.4 is 10.4 Å². The van der Waals surface area contributed by atoms with Crippen molar-refractivity contribution in [2.75, 3.05) is 0 Å². The fourth-order valence-corrected chi connectivity index (χ4v) is 3.12. The Labute approximate surface area is 103 Å². The molecule has 0 atom stereocenters. The largest absolute Gasteiger partial charge is 0.478 e. The first kappa shape index (κ1) is 11.6. The molecule has 2 aromatic carbocycles. The lowest BCUT2D eigenvalue weighted by molar-refractivity contribution is 0.0697. The number of carbonyl (C=O) groups is 1. The van der Waals surface area contributed by atoms with Gasteiger partial charge in [0.1, 0.15) is 0 Å². The molecule has 2 aromatic rings. The van der Waals surface area contributed by atoms with Crippen molar-refractivity contribution >= 4 is 25.9 Å². The smallest absolute Gasteiger partial charge is 0.335 e. The standard InChI is InChI=1S/C14H14O2Si/c1-10-2-6-12(7-3-10)17-13-8-4-11(5-9-13)14(15)16/h2-9H,17H2,1H3,(H,15,16). The van der Waals surface area contributed by atoms with Crippen LogP contribution in [-0.2, 0) is 0 Å². The number of hydrogen-bond acceptors (Lipinski definition) is 1. The molecule has 0 saturated heterocycles. The highest BCUT2D eigenvalue weighted by molar-refractivity contribution is 6.67. The fourth-order valence-electron chi connectivity index (χ4n) is 1.71. The van der Waals surface area contributed by atoms with Crippen molar-refractivity contribution in [3.63, 3.8) is 0 Å². The molecule has 17 heavy (non-hydrogen) atoms. The van der Waals surface area contributed by atoms with Gasteiger partial charge in [-0.05, 0) is 19.1 Å².